The van der Waals surface area contributed by atoms with E-state index in [-0.39, 0.29) is 12.1 Å². The second-order valence-corrected chi connectivity index (χ2v) is 6.76. The van der Waals surface area contributed by atoms with E-state index in [4.69, 9.17) is 17.0 Å². The van der Waals surface area contributed by atoms with Crippen molar-refractivity contribution in [3.05, 3.63) is 59.2 Å². The van der Waals surface area contributed by atoms with E-state index in [1.807, 2.05) is 38.1 Å². The number of anilines is 1. The van der Waals surface area contributed by atoms with Crippen LogP contribution in [0.3, 0.4) is 0 Å². The second kappa shape index (κ2) is 8.15. The SMILES string of the molecule is Cc1ccc([C@@H](C)NC(=S)Nc2ccc(OC(C)C)cc2)cc1C. The maximum atomic E-state index is 5.64. The summed E-state index contributed by atoms with van der Waals surface area (Å²) >= 11 is 5.42. The standard InChI is InChI=1S/C20H26N2OS/c1-13(2)23-19-10-8-18(9-11-19)22-20(24)21-16(5)17-7-6-14(3)15(4)12-17/h6-13,16H,1-5H3,(H2,21,22,24)/t16-/m1/s1. The van der Waals surface area contributed by atoms with Crippen LogP contribution in [0.2, 0.25) is 0 Å². The first-order valence-electron chi connectivity index (χ1n) is 8.26. The zero-order chi connectivity index (χ0) is 17.7. The first-order chi connectivity index (χ1) is 11.3. The van der Waals surface area contributed by atoms with Gasteiger partial charge < -0.3 is 15.4 Å². The van der Waals surface area contributed by atoms with Crippen molar-refractivity contribution < 1.29 is 4.74 Å². The van der Waals surface area contributed by atoms with Crippen molar-refractivity contribution in [1.82, 2.24) is 5.32 Å². The molecule has 4 heteroatoms. The molecule has 2 aromatic carbocycles. The minimum absolute atomic E-state index is 0.146. The molecule has 0 aliphatic heterocycles. The predicted molar refractivity (Wildman–Crippen MR) is 106 cm³/mol. The van der Waals surface area contributed by atoms with Crippen LogP contribution in [-0.2, 0) is 0 Å². The van der Waals surface area contributed by atoms with E-state index in [9.17, 15) is 0 Å². The van der Waals surface area contributed by atoms with Gasteiger partial charge in [0.05, 0.1) is 12.1 Å². The van der Waals surface area contributed by atoms with Crippen molar-refractivity contribution >= 4 is 23.0 Å². The zero-order valence-corrected chi connectivity index (χ0v) is 15.8. The maximum absolute atomic E-state index is 5.64. The van der Waals surface area contributed by atoms with Crippen molar-refractivity contribution in [2.45, 2.75) is 46.8 Å². The number of hydrogen-bond donors (Lipinski definition) is 2. The fraction of sp³-hybridized carbons (Fsp3) is 0.350. The predicted octanol–water partition coefficient (Wildman–Crippen LogP) is 5.14. The third kappa shape index (κ3) is 5.24. The highest BCUT2D eigenvalue weighted by Gasteiger charge is 2.08. The van der Waals surface area contributed by atoms with Gasteiger partial charge >= 0.3 is 0 Å². The number of thiocarbonyl (C=S) groups is 1. The van der Waals surface area contributed by atoms with Crippen molar-refractivity contribution in [2.24, 2.45) is 0 Å². The molecule has 2 rings (SSSR count). The summed E-state index contributed by atoms with van der Waals surface area (Å²) in [6, 6.07) is 14.4. The second-order valence-electron chi connectivity index (χ2n) is 6.35. The molecular formula is C20H26N2OS. The first-order valence-corrected chi connectivity index (χ1v) is 8.67. The van der Waals surface area contributed by atoms with Crippen LogP contribution in [0.4, 0.5) is 5.69 Å². The Morgan fingerprint density at radius 2 is 1.62 bits per heavy atom. The van der Waals surface area contributed by atoms with E-state index in [1.165, 1.54) is 16.7 Å². The van der Waals surface area contributed by atoms with E-state index in [1.54, 1.807) is 0 Å². The van der Waals surface area contributed by atoms with Crippen LogP contribution in [-0.4, -0.2) is 11.2 Å². The quantitative estimate of drug-likeness (QED) is 0.737. The van der Waals surface area contributed by atoms with Crippen LogP contribution in [0.15, 0.2) is 42.5 Å². The van der Waals surface area contributed by atoms with E-state index in [2.05, 4.69) is 49.6 Å². The third-order valence-corrected chi connectivity index (χ3v) is 4.08. The fourth-order valence-electron chi connectivity index (χ4n) is 2.37. The molecule has 0 saturated carbocycles. The molecule has 0 aromatic heterocycles. The molecule has 0 bridgehead atoms. The minimum atomic E-state index is 0.146. The molecule has 0 saturated heterocycles. The van der Waals surface area contributed by atoms with Crippen molar-refractivity contribution in [3.8, 4) is 5.75 Å². The molecule has 24 heavy (non-hydrogen) atoms. The summed E-state index contributed by atoms with van der Waals surface area (Å²) in [5, 5.41) is 7.15. The normalized spacial score (nSPS) is 11.9. The Labute approximate surface area is 150 Å². The Morgan fingerprint density at radius 1 is 0.958 bits per heavy atom. The summed E-state index contributed by atoms with van der Waals surface area (Å²) < 4.78 is 5.64. The largest absolute Gasteiger partial charge is 0.491 e. The topological polar surface area (TPSA) is 33.3 Å². The molecule has 0 fully saturated rings. The lowest BCUT2D eigenvalue weighted by atomic mass is 10.0. The lowest BCUT2D eigenvalue weighted by Crippen LogP contribution is -2.30. The van der Waals surface area contributed by atoms with Crippen LogP contribution in [0.25, 0.3) is 0 Å². The smallest absolute Gasteiger partial charge is 0.171 e. The molecule has 0 heterocycles. The molecule has 0 aliphatic carbocycles. The number of nitrogens with one attached hydrogen (secondary N) is 2. The Morgan fingerprint density at radius 3 is 2.21 bits per heavy atom. The number of rotatable bonds is 5. The summed E-state index contributed by atoms with van der Waals surface area (Å²) in [5.74, 6) is 0.859. The van der Waals surface area contributed by atoms with Gasteiger partial charge in [-0.3, -0.25) is 0 Å². The average Bonchev–Trinajstić information content (AvgIpc) is 2.51. The Kier molecular flexibility index (Phi) is 6.21. The van der Waals surface area contributed by atoms with Crippen molar-refractivity contribution in [3.63, 3.8) is 0 Å². The number of aryl methyl sites for hydroxylation is 2. The highest BCUT2D eigenvalue weighted by molar-refractivity contribution is 7.80. The summed E-state index contributed by atoms with van der Waals surface area (Å²) in [5.41, 5.74) is 4.76. The molecule has 2 aromatic rings. The van der Waals surface area contributed by atoms with Gasteiger partial charge in [0.15, 0.2) is 5.11 Å². The first kappa shape index (κ1) is 18.3. The third-order valence-electron chi connectivity index (χ3n) is 3.86. The van der Waals surface area contributed by atoms with Gasteiger partial charge in [-0.05, 0) is 87.8 Å². The highest BCUT2D eigenvalue weighted by atomic mass is 32.1. The molecular weight excluding hydrogens is 316 g/mol. The van der Waals surface area contributed by atoms with Crippen LogP contribution < -0.4 is 15.4 Å². The summed E-state index contributed by atoms with van der Waals surface area (Å²) in [7, 11) is 0. The zero-order valence-electron chi connectivity index (χ0n) is 15.0. The number of ether oxygens (including phenoxy) is 1. The average molecular weight is 343 g/mol. The molecule has 0 unspecified atom stereocenters. The van der Waals surface area contributed by atoms with E-state index < -0.39 is 0 Å². The van der Waals surface area contributed by atoms with Crippen molar-refractivity contribution in [2.75, 3.05) is 5.32 Å². The summed E-state index contributed by atoms with van der Waals surface area (Å²) in [4.78, 5) is 0. The maximum Gasteiger partial charge on any atom is 0.171 e. The van der Waals surface area contributed by atoms with Gasteiger partial charge in [-0.1, -0.05) is 18.2 Å². The fourth-order valence-corrected chi connectivity index (χ4v) is 2.66. The lowest BCUT2D eigenvalue weighted by Gasteiger charge is -2.18. The Balaban J connectivity index is 1.93. The van der Waals surface area contributed by atoms with E-state index >= 15 is 0 Å². The highest BCUT2D eigenvalue weighted by Crippen LogP contribution is 2.19. The monoisotopic (exact) mass is 342 g/mol. The molecule has 0 aliphatic rings. The van der Waals surface area contributed by atoms with Gasteiger partial charge in [0.25, 0.3) is 0 Å². The Bertz CT molecular complexity index is 695. The van der Waals surface area contributed by atoms with Gasteiger partial charge in [-0.25, -0.2) is 0 Å². The number of hydrogen-bond acceptors (Lipinski definition) is 2. The van der Waals surface area contributed by atoms with Gasteiger partial charge in [0, 0.05) is 5.69 Å². The molecule has 1 atom stereocenters. The van der Waals surface area contributed by atoms with Gasteiger partial charge in [0.2, 0.25) is 0 Å². The molecule has 128 valence electrons. The van der Waals surface area contributed by atoms with Crippen molar-refractivity contribution in [1.29, 1.82) is 0 Å². The summed E-state index contributed by atoms with van der Waals surface area (Å²) in [6.45, 7) is 10.4. The van der Waals surface area contributed by atoms with E-state index in [0.29, 0.717) is 5.11 Å². The Hall–Kier alpha value is -2.07. The number of benzene rings is 2. The molecule has 3 nitrogen and oxygen atoms in total. The van der Waals surface area contributed by atoms with Crippen LogP contribution in [0.5, 0.6) is 5.75 Å². The summed E-state index contributed by atoms with van der Waals surface area (Å²) in [6.07, 6.45) is 0.172. The lowest BCUT2D eigenvalue weighted by molar-refractivity contribution is 0.242. The molecule has 2 N–H and O–H groups in total. The van der Waals surface area contributed by atoms with E-state index in [0.717, 1.165) is 11.4 Å². The van der Waals surface area contributed by atoms with Gasteiger partial charge in [-0.15, -0.1) is 0 Å². The molecule has 0 spiro atoms. The van der Waals surface area contributed by atoms with Crippen LogP contribution >= 0.6 is 12.2 Å². The molecule has 0 radical (unpaired) electrons. The minimum Gasteiger partial charge on any atom is -0.491 e. The van der Waals surface area contributed by atoms with Crippen LogP contribution in [0.1, 0.15) is 43.5 Å². The molecule has 0 amide bonds. The van der Waals surface area contributed by atoms with Crippen LogP contribution in [0, 0.1) is 13.8 Å². The van der Waals surface area contributed by atoms with Gasteiger partial charge in [0.1, 0.15) is 5.75 Å². The van der Waals surface area contributed by atoms with Gasteiger partial charge in [-0.2, -0.15) is 0 Å².